The Morgan fingerprint density at radius 2 is 2.05 bits per heavy atom. The fraction of sp³-hybridized carbons (Fsp3) is 0.312. The average Bonchev–Trinajstić information content (AvgIpc) is 2.52. The van der Waals surface area contributed by atoms with Gasteiger partial charge in [-0.1, -0.05) is 18.2 Å². The third kappa shape index (κ3) is 4.18. The first-order valence-corrected chi connectivity index (χ1v) is 7.10. The molecule has 6 heteroatoms. The van der Waals surface area contributed by atoms with Crippen molar-refractivity contribution < 1.29 is 9.53 Å². The fourth-order valence-electron chi connectivity index (χ4n) is 1.93. The van der Waals surface area contributed by atoms with E-state index in [1.165, 1.54) is 0 Å². The summed E-state index contributed by atoms with van der Waals surface area (Å²) in [6.45, 7) is 4.34. The first-order valence-electron chi connectivity index (χ1n) is 7.10. The van der Waals surface area contributed by atoms with E-state index in [1.807, 2.05) is 38.1 Å². The lowest BCUT2D eigenvalue weighted by Gasteiger charge is -2.10. The molecular weight excluding hydrogens is 280 g/mol. The molecule has 0 unspecified atom stereocenters. The number of methoxy groups -OCH3 is 1. The summed E-state index contributed by atoms with van der Waals surface area (Å²) >= 11 is 0. The first kappa shape index (κ1) is 15.8. The molecular formula is C16H20N4O2. The molecule has 116 valence electrons. The lowest BCUT2D eigenvalue weighted by atomic mass is 10.2. The number of rotatable bonds is 6. The van der Waals surface area contributed by atoms with E-state index >= 15 is 0 Å². The van der Waals surface area contributed by atoms with Crippen molar-refractivity contribution in [2.24, 2.45) is 0 Å². The highest BCUT2D eigenvalue weighted by atomic mass is 16.5. The highest BCUT2D eigenvalue weighted by molar-refractivity contribution is 5.92. The quantitative estimate of drug-likeness (QED) is 0.855. The average molecular weight is 300 g/mol. The number of nitrogens with zero attached hydrogens (tertiary/aromatic N) is 2. The van der Waals surface area contributed by atoms with Crippen molar-refractivity contribution in [2.75, 3.05) is 12.4 Å². The van der Waals surface area contributed by atoms with Crippen molar-refractivity contribution in [3.05, 3.63) is 47.8 Å². The minimum Gasteiger partial charge on any atom is -0.496 e. The van der Waals surface area contributed by atoms with Crippen LogP contribution in [0.5, 0.6) is 5.75 Å². The second-order valence-electron chi connectivity index (χ2n) is 5.06. The van der Waals surface area contributed by atoms with Gasteiger partial charge in [0.25, 0.3) is 5.91 Å². The molecule has 0 bridgehead atoms. The third-order valence-corrected chi connectivity index (χ3v) is 2.94. The molecule has 2 aromatic rings. The molecule has 1 heterocycles. The van der Waals surface area contributed by atoms with Crippen molar-refractivity contribution in [2.45, 2.75) is 26.4 Å². The molecule has 0 aliphatic rings. The Morgan fingerprint density at radius 1 is 1.27 bits per heavy atom. The van der Waals surface area contributed by atoms with Gasteiger partial charge in [-0.2, -0.15) is 0 Å². The molecule has 0 aliphatic heterocycles. The molecule has 0 radical (unpaired) electrons. The number of para-hydroxylation sites is 1. The third-order valence-electron chi connectivity index (χ3n) is 2.94. The number of amides is 1. The Balaban J connectivity index is 2.03. The predicted molar refractivity (Wildman–Crippen MR) is 85.0 cm³/mol. The van der Waals surface area contributed by atoms with Crippen LogP contribution < -0.4 is 15.4 Å². The van der Waals surface area contributed by atoms with Crippen LogP contribution in [0.25, 0.3) is 0 Å². The van der Waals surface area contributed by atoms with Gasteiger partial charge in [-0.15, -0.1) is 0 Å². The summed E-state index contributed by atoms with van der Waals surface area (Å²) in [5, 5.41) is 5.90. The van der Waals surface area contributed by atoms with E-state index in [1.54, 1.807) is 19.4 Å². The number of aromatic nitrogens is 2. The molecule has 0 atom stereocenters. The Bertz CT molecular complexity index is 644. The summed E-state index contributed by atoms with van der Waals surface area (Å²) < 4.78 is 5.26. The molecule has 0 aliphatic carbocycles. The zero-order chi connectivity index (χ0) is 15.9. The van der Waals surface area contributed by atoms with Crippen LogP contribution >= 0.6 is 0 Å². The lowest BCUT2D eigenvalue weighted by molar-refractivity contribution is 0.0945. The van der Waals surface area contributed by atoms with Crippen LogP contribution in [0.4, 0.5) is 5.95 Å². The van der Waals surface area contributed by atoms with Gasteiger partial charge in [0.1, 0.15) is 11.4 Å². The molecule has 0 fully saturated rings. The summed E-state index contributed by atoms with van der Waals surface area (Å²) in [4.78, 5) is 20.5. The number of hydrogen-bond acceptors (Lipinski definition) is 5. The number of benzene rings is 1. The molecule has 1 aromatic heterocycles. The van der Waals surface area contributed by atoms with Crippen molar-refractivity contribution in [3.63, 3.8) is 0 Å². The van der Waals surface area contributed by atoms with Crippen molar-refractivity contribution in [1.82, 2.24) is 15.3 Å². The van der Waals surface area contributed by atoms with E-state index in [2.05, 4.69) is 20.6 Å². The van der Waals surface area contributed by atoms with E-state index in [0.29, 0.717) is 18.2 Å². The highest BCUT2D eigenvalue weighted by Crippen LogP contribution is 2.16. The highest BCUT2D eigenvalue weighted by Gasteiger charge is 2.10. The second kappa shape index (κ2) is 7.40. The zero-order valence-corrected chi connectivity index (χ0v) is 13.0. The molecule has 1 amide bonds. The summed E-state index contributed by atoms with van der Waals surface area (Å²) in [5.74, 6) is 0.938. The maximum atomic E-state index is 12.2. The maximum absolute atomic E-state index is 12.2. The molecule has 1 aromatic carbocycles. The number of hydrogen-bond donors (Lipinski definition) is 2. The molecule has 2 N–H and O–H groups in total. The van der Waals surface area contributed by atoms with Crippen LogP contribution in [0.2, 0.25) is 0 Å². The molecule has 2 rings (SSSR count). The minimum absolute atomic E-state index is 0.201. The van der Waals surface area contributed by atoms with Gasteiger partial charge in [-0.05, 0) is 26.0 Å². The normalized spacial score (nSPS) is 10.4. The van der Waals surface area contributed by atoms with Crippen LogP contribution in [0.3, 0.4) is 0 Å². The van der Waals surface area contributed by atoms with Gasteiger partial charge in [-0.3, -0.25) is 4.79 Å². The summed E-state index contributed by atoms with van der Waals surface area (Å²) in [5.41, 5.74) is 1.24. The number of carbonyl (C=O) groups is 1. The number of ether oxygens (including phenoxy) is 1. The predicted octanol–water partition coefficient (Wildman–Crippen LogP) is 2.24. The van der Waals surface area contributed by atoms with Gasteiger partial charge >= 0.3 is 0 Å². The van der Waals surface area contributed by atoms with Gasteiger partial charge < -0.3 is 15.4 Å². The van der Waals surface area contributed by atoms with Gasteiger partial charge in [0.05, 0.1) is 7.11 Å². The molecule has 22 heavy (non-hydrogen) atoms. The smallest absolute Gasteiger partial charge is 0.270 e. The summed E-state index contributed by atoms with van der Waals surface area (Å²) in [6.07, 6.45) is 1.57. The topological polar surface area (TPSA) is 76.1 Å². The zero-order valence-electron chi connectivity index (χ0n) is 13.0. The van der Waals surface area contributed by atoms with Crippen LogP contribution in [0, 0.1) is 0 Å². The van der Waals surface area contributed by atoms with E-state index in [9.17, 15) is 4.79 Å². The molecule has 6 nitrogen and oxygen atoms in total. The number of anilines is 1. The largest absolute Gasteiger partial charge is 0.496 e. The first-order chi connectivity index (χ1) is 10.6. The second-order valence-corrected chi connectivity index (χ2v) is 5.06. The molecule has 0 saturated heterocycles. The van der Waals surface area contributed by atoms with Crippen molar-refractivity contribution >= 4 is 11.9 Å². The van der Waals surface area contributed by atoms with E-state index < -0.39 is 0 Å². The summed E-state index contributed by atoms with van der Waals surface area (Å²) in [7, 11) is 1.61. The molecule has 0 saturated carbocycles. The van der Waals surface area contributed by atoms with Crippen molar-refractivity contribution in [1.29, 1.82) is 0 Å². The van der Waals surface area contributed by atoms with Crippen LogP contribution in [0.1, 0.15) is 29.9 Å². The van der Waals surface area contributed by atoms with E-state index in [-0.39, 0.29) is 11.9 Å². The fourth-order valence-corrected chi connectivity index (χ4v) is 1.93. The van der Waals surface area contributed by atoms with Gasteiger partial charge in [0, 0.05) is 24.3 Å². The van der Waals surface area contributed by atoms with Gasteiger partial charge in [-0.25, -0.2) is 9.97 Å². The summed E-state index contributed by atoms with van der Waals surface area (Å²) in [6, 6.07) is 9.34. The standard InChI is InChI=1S/C16H20N4O2/c1-11(2)19-16-17-9-8-13(20-16)15(21)18-10-12-6-4-5-7-14(12)22-3/h4-9,11H,10H2,1-3H3,(H,18,21)(H,17,19,20). The maximum Gasteiger partial charge on any atom is 0.270 e. The Morgan fingerprint density at radius 3 is 2.77 bits per heavy atom. The van der Waals surface area contributed by atoms with Gasteiger partial charge in [0.2, 0.25) is 5.95 Å². The van der Waals surface area contributed by atoms with Crippen LogP contribution in [-0.4, -0.2) is 29.0 Å². The van der Waals surface area contributed by atoms with E-state index in [0.717, 1.165) is 11.3 Å². The van der Waals surface area contributed by atoms with Gasteiger partial charge in [0.15, 0.2) is 0 Å². The Hall–Kier alpha value is -2.63. The Labute approximate surface area is 129 Å². The minimum atomic E-state index is -0.250. The van der Waals surface area contributed by atoms with Crippen LogP contribution in [0.15, 0.2) is 36.5 Å². The SMILES string of the molecule is COc1ccccc1CNC(=O)c1ccnc(NC(C)C)n1. The molecule has 0 spiro atoms. The number of nitrogens with one attached hydrogen (secondary N) is 2. The van der Waals surface area contributed by atoms with Crippen molar-refractivity contribution in [3.8, 4) is 5.75 Å². The lowest BCUT2D eigenvalue weighted by Crippen LogP contribution is -2.25. The van der Waals surface area contributed by atoms with E-state index in [4.69, 9.17) is 4.74 Å². The monoisotopic (exact) mass is 300 g/mol. The van der Waals surface area contributed by atoms with Crippen LogP contribution in [-0.2, 0) is 6.54 Å². The Kier molecular flexibility index (Phi) is 5.30. The number of carbonyl (C=O) groups excluding carboxylic acids is 1.